The number of benzene rings is 1. The molecular weight excluding hydrogens is 348 g/mol. The Hall–Kier alpha value is -2.41. The highest BCUT2D eigenvalue weighted by molar-refractivity contribution is 7.15. The van der Waals surface area contributed by atoms with E-state index in [1.807, 2.05) is 31.3 Å². The number of carbonyl (C=O) groups is 2. The average molecular weight is 372 g/mol. The lowest BCUT2D eigenvalue weighted by molar-refractivity contribution is -0.116. The third kappa shape index (κ3) is 4.22. The molecule has 0 radical (unpaired) electrons. The number of nitrogens with zero attached hydrogens (tertiary/aromatic N) is 1. The molecule has 3 rings (SSSR count). The van der Waals surface area contributed by atoms with Gasteiger partial charge in [0, 0.05) is 23.2 Å². The van der Waals surface area contributed by atoms with Crippen LogP contribution in [0.25, 0.3) is 0 Å². The molecule has 1 atom stereocenters. The van der Waals surface area contributed by atoms with Crippen molar-refractivity contribution in [2.75, 3.05) is 10.6 Å². The van der Waals surface area contributed by atoms with Crippen LogP contribution in [0.2, 0.25) is 0 Å². The van der Waals surface area contributed by atoms with Gasteiger partial charge in [-0.05, 0) is 36.0 Å². The summed E-state index contributed by atoms with van der Waals surface area (Å²) in [7, 11) is 0. The number of fused-ring (bicyclic) bond motifs is 1. The molecule has 1 unspecified atom stereocenters. The van der Waals surface area contributed by atoms with Crippen LogP contribution in [0.15, 0.2) is 24.4 Å². The summed E-state index contributed by atoms with van der Waals surface area (Å²) < 4.78 is 0. The Morgan fingerprint density at radius 3 is 2.77 bits per heavy atom. The first-order valence-electron chi connectivity index (χ1n) is 8.69. The molecule has 1 aliphatic rings. The van der Waals surface area contributed by atoms with Gasteiger partial charge in [-0.2, -0.15) is 0 Å². The van der Waals surface area contributed by atoms with E-state index < -0.39 is 0 Å². The molecule has 2 aromatic rings. The van der Waals surface area contributed by atoms with Gasteiger partial charge in [0.15, 0.2) is 5.13 Å². The molecule has 138 valence electrons. The van der Waals surface area contributed by atoms with Crippen molar-refractivity contribution in [1.29, 1.82) is 0 Å². The Labute approximate surface area is 157 Å². The molecule has 6 nitrogen and oxygen atoms in total. The van der Waals surface area contributed by atoms with Crippen molar-refractivity contribution >= 4 is 34.1 Å². The topological polar surface area (TPSA) is 83.1 Å². The van der Waals surface area contributed by atoms with Crippen molar-refractivity contribution in [3.8, 4) is 0 Å². The van der Waals surface area contributed by atoms with Gasteiger partial charge >= 0.3 is 6.03 Å². The fraction of sp³-hybridized carbons (Fsp3) is 0.421. The Morgan fingerprint density at radius 1 is 1.31 bits per heavy atom. The number of anilines is 2. The molecule has 1 aromatic heterocycles. The van der Waals surface area contributed by atoms with Crippen LogP contribution in [0.1, 0.15) is 56.2 Å². The van der Waals surface area contributed by atoms with Gasteiger partial charge < -0.3 is 10.6 Å². The normalized spacial score (nSPS) is 15.0. The van der Waals surface area contributed by atoms with Gasteiger partial charge in [0.1, 0.15) is 0 Å². The van der Waals surface area contributed by atoms with E-state index in [4.69, 9.17) is 0 Å². The van der Waals surface area contributed by atoms with Crippen LogP contribution >= 0.6 is 11.3 Å². The number of thiazole rings is 1. The van der Waals surface area contributed by atoms with E-state index in [0.717, 1.165) is 28.1 Å². The second kappa shape index (κ2) is 7.07. The maximum atomic E-state index is 12.3. The first-order valence-corrected chi connectivity index (χ1v) is 9.50. The van der Waals surface area contributed by atoms with E-state index >= 15 is 0 Å². The van der Waals surface area contributed by atoms with Crippen molar-refractivity contribution in [2.45, 2.75) is 52.0 Å². The summed E-state index contributed by atoms with van der Waals surface area (Å²) in [5, 5.41) is 9.20. The summed E-state index contributed by atoms with van der Waals surface area (Å²) in [4.78, 5) is 29.1. The minimum absolute atomic E-state index is 0.0138. The van der Waals surface area contributed by atoms with Crippen LogP contribution < -0.4 is 16.0 Å². The van der Waals surface area contributed by atoms with Crippen LogP contribution in [0, 0.1) is 0 Å². The zero-order chi connectivity index (χ0) is 18.9. The molecular formula is C19H24N4O2S. The number of aryl methyl sites for hydroxylation is 1. The third-order valence-electron chi connectivity index (χ3n) is 4.34. The smallest absolute Gasteiger partial charge is 0.321 e. The average Bonchev–Trinajstić information content (AvgIpc) is 3.02. The first kappa shape index (κ1) is 18.4. The Kier molecular flexibility index (Phi) is 5.00. The molecule has 1 aromatic carbocycles. The Balaban J connectivity index is 1.62. The summed E-state index contributed by atoms with van der Waals surface area (Å²) in [5.41, 5.74) is 2.98. The first-order chi connectivity index (χ1) is 12.2. The van der Waals surface area contributed by atoms with Crippen molar-refractivity contribution in [1.82, 2.24) is 10.3 Å². The van der Waals surface area contributed by atoms with Crippen molar-refractivity contribution < 1.29 is 9.59 Å². The summed E-state index contributed by atoms with van der Waals surface area (Å²) in [6.45, 7) is 8.28. The van der Waals surface area contributed by atoms with E-state index in [1.165, 1.54) is 11.3 Å². The molecule has 2 heterocycles. The second-order valence-electron chi connectivity index (χ2n) is 7.56. The monoisotopic (exact) mass is 372 g/mol. The molecule has 26 heavy (non-hydrogen) atoms. The van der Waals surface area contributed by atoms with Gasteiger partial charge in [-0.15, -0.1) is 11.3 Å². The molecule has 0 bridgehead atoms. The number of urea groups is 1. The van der Waals surface area contributed by atoms with Gasteiger partial charge in [-0.25, -0.2) is 9.78 Å². The summed E-state index contributed by atoms with van der Waals surface area (Å²) in [5.74, 6) is 0.0499. The summed E-state index contributed by atoms with van der Waals surface area (Å²) >= 11 is 1.49. The molecule has 3 amide bonds. The Morgan fingerprint density at radius 2 is 2.08 bits per heavy atom. The van der Waals surface area contributed by atoms with Gasteiger partial charge in [0.25, 0.3) is 0 Å². The largest absolute Gasteiger partial charge is 0.331 e. The maximum absolute atomic E-state index is 12.3. The lowest BCUT2D eigenvalue weighted by Crippen LogP contribution is -2.31. The molecule has 0 saturated heterocycles. The fourth-order valence-corrected chi connectivity index (χ4v) is 3.63. The lowest BCUT2D eigenvalue weighted by atomic mass is 9.96. The van der Waals surface area contributed by atoms with E-state index in [-0.39, 0.29) is 23.4 Å². The van der Waals surface area contributed by atoms with Crippen LogP contribution in [0.5, 0.6) is 0 Å². The number of aromatic nitrogens is 1. The quantitative estimate of drug-likeness (QED) is 0.755. The number of amides is 3. The van der Waals surface area contributed by atoms with Gasteiger partial charge in [0.2, 0.25) is 5.91 Å². The maximum Gasteiger partial charge on any atom is 0.321 e. The molecule has 0 fully saturated rings. The van der Waals surface area contributed by atoms with Crippen LogP contribution in [0.3, 0.4) is 0 Å². The highest BCUT2D eigenvalue weighted by atomic mass is 32.1. The van der Waals surface area contributed by atoms with Crippen molar-refractivity contribution in [2.24, 2.45) is 0 Å². The second-order valence-corrected chi connectivity index (χ2v) is 8.60. The fourth-order valence-electron chi connectivity index (χ4n) is 2.76. The third-order valence-corrected chi connectivity index (χ3v) is 5.68. The van der Waals surface area contributed by atoms with Crippen LogP contribution in [-0.2, 0) is 16.6 Å². The zero-order valence-electron chi connectivity index (χ0n) is 15.5. The van der Waals surface area contributed by atoms with Crippen LogP contribution in [0.4, 0.5) is 15.6 Å². The SMILES string of the molecule is CC(NC(=O)Nc1ncc(C(C)(C)C)s1)c1ccc2c(c1)CCC(=O)N2. The highest BCUT2D eigenvalue weighted by Crippen LogP contribution is 2.30. The number of hydrogen-bond donors (Lipinski definition) is 3. The molecule has 0 spiro atoms. The number of hydrogen-bond acceptors (Lipinski definition) is 4. The highest BCUT2D eigenvalue weighted by Gasteiger charge is 2.19. The van der Waals surface area contributed by atoms with E-state index in [0.29, 0.717) is 11.6 Å². The summed E-state index contributed by atoms with van der Waals surface area (Å²) in [6.07, 6.45) is 3.03. The number of nitrogens with one attached hydrogen (secondary N) is 3. The minimum atomic E-state index is -0.279. The Bertz CT molecular complexity index is 838. The van der Waals surface area contributed by atoms with E-state index in [1.54, 1.807) is 0 Å². The van der Waals surface area contributed by atoms with Gasteiger partial charge in [0.05, 0.1) is 6.04 Å². The van der Waals surface area contributed by atoms with E-state index in [9.17, 15) is 9.59 Å². The lowest BCUT2D eigenvalue weighted by Gasteiger charge is -2.20. The predicted octanol–water partition coefficient (Wildman–Crippen LogP) is 4.21. The van der Waals surface area contributed by atoms with E-state index in [2.05, 4.69) is 41.7 Å². The van der Waals surface area contributed by atoms with Crippen LogP contribution in [-0.4, -0.2) is 16.9 Å². The molecule has 1 aliphatic heterocycles. The minimum Gasteiger partial charge on any atom is -0.331 e. The van der Waals surface area contributed by atoms with Crippen molar-refractivity contribution in [3.63, 3.8) is 0 Å². The van der Waals surface area contributed by atoms with Crippen molar-refractivity contribution in [3.05, 3.63) is 40.4 Å². The predicted molar refractivity (Wildman–Crippen MR) is 105 cm³/mol. The standard InChI is InChI=1S/C19H24N4O2S/c1-11(12-5-7-14-13(9-12)6-8-16(24)22-14)21-17(25)23-18-20-10-15(26-18)19(2,3)4/h5,7,9-11H,6,8H2,1-4H3,(H,22,24)(H2,20,21,23,25). The molecule has 7 heteroatoms. The molecule has 3 N–H and O–H groups in total. The molecule has 0 saturated carbocycles. The summed E-state index contributed by atoms with van der Waals surface area (Å²) in [6, 6.07) is 5.43. The molecule has 0 aliphatic carbocycles. The zero-order valence-corrected chi connectivity index (χ0v) is 16.3. The van der Waals surface area contributed by atoms with Gasteiger partial charge in [-0.1, -0.05) is 32.9 Å². The number of rotatable bonds is 3. The number of carbonyl (C=O) groups excluding carboxylic acids is 2. The van der Waals surface area contributed by atoms with Gasteiger partial charge in [-0.3, -0.25) is 10.1 Å².